The first-order valence-electron chi connectivity index (χ1n) is 5.46. The van der Waals surface area contributed by atoms with Crippen molar-refractivity contribution in [3.63, 3.8) is 0 Å². The van der Waals surface area contributed by atoms with Crippen LogP contribution in [0.1, 0.15) is 30.7 Å². The van der Waals surface area contributed by atoms with E-state index in [0.29, 0.717) is 6.42 Å². The van der Waals surface area contributed by atoms with Crippen LogP contribution >= 0.6 is 0 Å². The third-order valence-electron chi connectivity index (χ3n) is 2.26. The number of hydrogen-bond donors (Lipinski definition) is 1. The molecule has 7 nitrogen and oxygen atoms in total. The number of hydrogen-bond acceptors (Lipinski definition) is 6. The molecule has 1 N–H and O–H groups in total. The van der Waals surface area contributed by atoms with E-state index < -0.39 is 25.5 Å². The standard InChI is InChI=1S/C10H15NO6S2/c1-3-5-9(19(14,15)16)10-8(6-4-7-11-10)17-18(2,12)13/h4,6-7,9H,3,5H2,1-2H3,(H,14,15,16). The summed E-state index contributed by atoms with van der Waals surface area (Å²) in [7, 11) is -8.21. The van der Waals surface area contributed by atoms with E-state index in [1.165, 1.54) is 18.3 Å². The van der Waals surface area contributed by atoms with Crippen molar-refractivity contribution in [2.75, 3.05) is 6.26 Å². The monoisotopic (exact) mass is 309 g/mol. The fourth-order valence-corrected chi connectivity index (χ4v) is 3.03. The van der Waals surface area contributed by atoms with Crippen molar-refractivity contribution in [2.45, 2.75) is 25.0 Å². The minimum atomic E-state index is -4.40. The zero-order valence-corrected chi connectivity index (χ0v) is 12.1. The number of rotatable bonds is 6. The topological polar surface area (TPSA) is 111 Å². The SMILES string of the molecule is CCCC(c1ncccc1OS(C)(=O)=O)S(=O)(=O)O. The van der Waals surface area contributed by atoms with Crippen LogP contribution in [0, 0.1) is 0 Å². The molecule has 0 amide bonds. The molecule has 0 aliphatic rings. The van der Waals surface area contributed by atoms with Crippen molar-refractivity contribution in [3.05, 3.63) is 24.0 Å². The van der Waals surface area contributed by atoms with E-state index in [1.54, 1.807) is 6.92 Å². The second kappa shape index (κ2) is 5.85. The molecule has 0 radical (unpaired) electrons. The molecule has 9 heteroatoms. The molecular formula is C10H15NO6S2. The van der Waals surface area contributed by atoms with Crippen molar-refractivity contribution >= 4 is 20.2 Å². The van der Waals surface area contributed by atoms with Gasteiger partial charge in [-0.2, -0.15) is 16.8 Å². The summed E-state index contributed by atoms with van der Waals surface area (Å²) in [6.45, 7) is 1.73. The fourth-order valence-electron chi connectivity index (χ4n) is 1.57. The Morgan fingerprint density at radius 2 is 2.00 bits per heavy atom. The Bertz CT molecular complexity index is 638. The Hall–Kier alpha value is -1.19. The van der Waals surface area contributed by atoms with Crippen LogP contribution in [0.4, 0.5) is 0 Å². The highest BCUT2D eigenvalue weighted by molar-refractivity contribution is 7.86. The average Bonchev–Trinajstić information content (AvgIpc) is 2.23. The molecule has 0 aromatic carbocycles. The van der Waals surface area contributed by atoms with Crippen molar-refractivity contribution < 1.29 is 25.6 Å². The highest BCUT2D eigenvalue weighted by atomic mass is 32.2. The first kappa shape index (κ1) is 15.9. The van der Waals surface area contributed by atoms with Crippen LogP contribution in [-0.2, 0) is 20.2 Å². The summed E-state index contributed by atoms with van der Waals surface area (Å²) in [5.74, 6) is -0.193. The smallest absolute Gasteiger partial charge is 0.306 e. The van der Waals surface area contributed by atoms with Crippen LogP contribution in [0.5, 0.6) is 5.75 Å². The lowest BCUT2D eigenvalue weighted by Gasteiger charge is -2.15. The molecule has 1 aromatic rings. The lowest BCUT2D eigenvalue weighted by atomic mass is 10.1. The molecule has 1 rings (SSSR count). The lowest BCUT2D eigenvalue weighted by molar-refractivity contribution is 0.453. The fraction of sp³-hybridized carbons (Fsp3) is 0.500. The molecule has 0 spiro atoms. The normalized spacial score (nSPS) is 14.1. The van der Waals surface area contributed by atoms with Gasteiger partial charge in [0.15, 0.2) is 5.75 Å². The molecule has 0 aliphatic heterocycles. The van der Waals surface area contributed by atoms with E-state index in [4.69, 9.17) is 0 Å². The van der Waals surface area contributed by atoms with Gasteiger partial charge >= 0.3 is 10.1 Å². The minimum Gasteiger partial charge on any atom is -0.381 e. The first-order chi connectivity index (χ1) is 8.65. The van der Waals surface area contributed by atoms with Gasteiger partial charge < -0.3 is 4.18 Å². The third kappa shape index (κ3) is 4.77. The molecule has 1 atom stereocenters. The van der Waals surface area contributed by atoms with Gasteiger partial charge in [-0.1, -0.05) is 13.3 Å². The second-order valence-electron chi connectivity index (χ2n) is 3.97. The average molecular weight is 309 g/mol. The molecule has 1 unspecified atom stereocenters. The Morgan fingerprint density at radius 3 is 2.47 bits per heavy atom. The maximum atomic E-state index is 11.4. The van der Waals surface area contributed by atoms with E-state index in [9.17, 15) is 21.4 Å². The summed E-state index contributed by atoms with van der Waals surface area (Å²) in [5.41, 5.74) is -0.114. The molecule has 1 aromatic heterocycles. The summed E-state index contributed by atoms with van der Waals surface area (Å²) >= 11 is 0. The van der Waals surface area contributed by atoms with E-state index in [2.05, 4.69) is 9.17 Å². The molecule has 19 heavy (non-hydrogen) atoms. The lowest BCUT2D eigenvalue weighted by Crippen LogP contribution is -2.16. The van der Waals surface area contributed by atoms with Gasteiger partial charge in [-0.3, -0.25) is 9.54 Å². The van der Waals surface area contributed by atoms with Crippen molar-refractivity contribution in [3.8, 4) is 5.75 Å². The molecule has 108 valence electrons. The summed E-state index contributed by atoms with van der Waals surface area (Å²) in [6.07, 6.45) is 2.72. The van der Waals surface area contributed by atoms with Gasteiger partial charge in [-0.05, 0) is 18.6 Å². The maximum absolute atomic E-state index is 11.4. The van der Waals surface area contributed by atoms with Crippen LogP contribution in [-0.4, -0.2) is 32.6 Å². The van der Waals surface area contributed by atoms with E-state index >= 15 is 0 Å². The predicted molar refractivity (Wildman–Crippen MR) is 68.9 cm³/mol. The molecule has 0 saturated heterocycles. The van der Waals surface area contributed by atoms with Crippen molar-refractivity contribution in [2.24, 2.45) is 0 Å². The van der Waals surface area contributed by atoms with Crippen LogP contribution in [0.25, 0.3) is 0 Å². The summed E-state index contributed by atoms with van der Waals surface area (Å²) in [4.78, 5) is 3.82. The second-order valence-corrected chi connectivity index (χ2v) is 7.14. The molecule has 1 heterocycles. The van der Waals surface area contributed by atoms with Gasteiger partial charge in [0.1, 0.15) is 10.9 Å². The zero-order chi connectivity index (χ0) is 14.7. The molecular weight excluding hydrogens is 294 g/mol. The molecule has 0 aliphatic carbocycles. The Kier molecular flexibility index (Phi) is 4.88. The van der Waals surface area contributed by atoms with E-state index in [1.807, 2.05) is 0 Å². The highest BCUT2D eigenvalue weighted by Crippen LogP contribution is 2.32. The quantitative estimate of drug-likeness (QED) is 0.619. The Balaban J connectivity index is 3.32. The van der Waals surface area contributed by atoms with Crippen LogP contribution < -0.4 is 4.18 Å². The largest absolute Gasteiger partial charge is 0.381 e. The van der Waals surface area contributed by atoms with Crippen LogP contribution in [0.3, 0.4) is 0 Å². The van der Waals surface area contributed by atoms with E-state index in [-0.39, 0.29) is 17.9 Å². The number of aromatic nitrogens is 1. The Morgan fingerprint density at radius 1 is 1.37 bits per heavy atom. The van der Waals surface area contributed by atoms with E-state index in [0.717, 1.165) is 6.26 Å². The number of pyridine rings is 1. The van der Waals surface area contributed by atoms with Gasteiger partial charge in [0.25, 0.3) is 10.1 Å². The Labute approximate surface area is 112 Å². The summed E-state index contributed by atoms with van der Waals surface area (Å²) in [6, 6.07) is 2.70. The van der Waals surface area contributed by atoms with Gasteiger partial charge in [0, 0.05) is 6.20 Å². The van der Waals surface area contributed by atoms with Crippen molar-refractivity contribution in [1.29, 1.82) is 0 Å². The van der Waals surface area contributed by atoms with Gasteiger partial charge in [-0.25, -0.2) is 0 Å². The van der Waals surface area contributed by atoms with Crippen LogP contribution in [0.15, 0.2) is 18.3 Å². The molecule has 0 saturated carbocycles. The third-order valence-corrected chi connectivity index (χ3v) is 3.92. The summed E-state index contributed by atoms with van der Waals surface area (Å²) in [5, 5.41) is -1.31. The molecule has 0 bridgehead atoms. The zero-order valence-electron chi connectivity index (χ0n) is 10.5. The van der Waals surface area contributed by atoms with Crippen LogP contribution in [0.2, 0.25) is 0 Å². The number of nitrogens with zero attached hydrogens (tertiary/aromatic N) is 1. The molecule has 0 fully saturated rings. The minimum absolute atomic E-state index is 0.107. The maximum Gasteiger partial charge on any atom is 0.306 e. The van der Waals surface area contributed by atoms with Gasteiger partial charge in [-0.15, -0.1) is 0 Å². The van der Waals surface area contributed by atoms with Gasteiger partial charge in [0.05, 0.1) is 6.26 Å². The van der Waals surface area contributed by atoms with Gasteiger partial charge in [0.2, 0.25) is 0 Å². The summed E-state index contributed by atoms with van der Waals surface area (Å²) < 4.78 is 58.8. The predicted octanol–water partition coefficient (Wildman–Crippen LogP) is 1.15. The first-order valence-corrected chi connectivity index (χ1v) is 8.77. The highest BCUT2D eigenvalue weighted by Gasteiger charge is 2.29. The van der Waals surface area contributed by atoms with Crippen molar-refractivity contribution in [1.82, 2.24) is 4.98 Å².